The molecule has 6 heteroatoms. The second kappa shape index (κ2) is 17.6. The minimum absolute atomic E-state index is 0.106. The molecule has 1 unspecified atom stereocenters. The van der Waals surface area contributed by atoms with Gasteiger partial charge in [-0.2, -0.15) is 0 Å². The number of carbonyl (C=O) groups excluding carboxylic acids is 3. The Morgan fingerprint density at radius 2 is 1.39 bits per heavy atom. The van der Waals surface area contributed by atoms with Gasteiger partial charge < -0.3 is 20.0 Å². The van der Waals surface area contributed by atoms with Crippen LogP contribution in [0.3, 0.4) is 0 Å². The van der Waals surface area contributed by atoms with Crippen molar-refractivity contribution in [3.63, 3.8) is 0 Å². The summed E-state index contributed by atoms with van der Waals surface area (Å²) in [7, 11) is 5.75. The average Bonchev–Trinajstić information content (AvgIpc) is 2.75. The van der Waals surface area contributed by atoms with E-state index in [1.165, 1.54) is 12.6 Å². The quantitative estimate of drug-likeness (QED) is 0.476. The van der Waals surface area contributed by atoms with Crippen LogP contribution in [0.4, 0.5) is 0 Å². The van der Waals surface area contributed by atoms with E-state index in [9.17, 15) is 14.4 Å². The number of aliphatic hydroxyl groups excluding tert-OH is 1. The number of Topliss-reactive ketones (excluding diaryl/α,β-unsaturated/α-hetero) is 1. The van der Waals surface area contributed by atoms with E-state index in [2.05, 4.69) is 22.2 Å². The molecule has 0 bridgehead atoms. The van der Waals surface area contributed by atoms with Gasteiger partial charge >= 0.3 is 0 Å². The maximum Gasteiger partial charge on any atom is 0.229 e. The topological polar surface area (TPSA) is 92.7 Å². The fourth-order valence-electron chi connectivity index (χ4n) is 1.82. The summed E-state index contributed by atoms with van der Waals surface area (Å²) in [6, 6.07) is 17.8. The van der Waals surface area contributed by atoms with Crippen LogP contribution in [0.15, 0.2) is 54.6 Å². The largest absolute Gasteiger partial charge is 0.400 e. The summed E-state index contributed by atoms with van der Waals surface area (Å²) in [5.74, 6) is -0.644. The molecule has 2 aromatic rings. The van der Waals surface area contributed by atoms with Crippen LogP contribution < -0.4 is 5.32 Å². The lowest BCUT2D eigenvalue weighted by atomic mass is 10.0. The lowest BCUT2D eigenvalue weighted by molar-refractivity contribution is -0.127. The van der Waals surface area contributed by atoms with Crippen molar-refractivity contribution in [1.29, 1.82) is 0 Å². The summed E-state index contributed by atoms with van der Waals surface area (Å²) < 4.78 is 4.25. The van der Waals surface area contributed by atoms with Crippen LogP contribution in [0.5, 0.6) is 0 Å². The Bertz CT molecular complexity index is 669. The van der Waals surface area contributed by atoms with E-state index < -0.39 is 5.92 Å². The highest BCUT2D eigenvalue weighted by atomic mass is 16.4. The molecule has 2 rings (SSSR count). The first-order valence-electron chi connectivity index (χ1n) is 8.59. The summed E-state index contributed by atoms with van der Waals surface area (Å²) in [6.07, 6.45) is 0.610. The number of hydrogen-bond donors (Lipinski definition) is 2. The van der Waals surface area contributed by atoms with Crippen molar-refractivity contribution < 1.29 is 24.2 Å². The van der Waals surface area contributed by atoms with Gasteiger partial charge in [-0.25, -0.2) is 0 Å². The van der Waals surface area contributed by atoms with Gasteiger partial charge in [0, 0.05) is 33.9 Å². The van der Waals surface area contributed by atoms with Gasteiger partial charge in [-0.15, -0.1) is 0 Å². The van der Waals surface area contributed by atoms with E-state index in [0.29, 0.717) is 6.29 Å². The van der Waals surface area contributed by atoms with Crippen LogP contribution in [-0.2, 0) is 14.3 Å². The predicted octanol–water partition coefficient (Wildman–Crippen LogP) is 2.99. The Balaban J connectivity index is 0. The molecular weight excluding hydrogens is 358 g/mol. The van der Waals surface area contributed by atoms with Crippen molar-refractivity contribution in [3.8, 4) is 11.1 Å². The van der Waals surface area contributed by atoms with Crippen LogP contribution in [-0.4, -0.2) is 51.5 Å². The number of ether oxygens (including phenoxy) is 1. The number of aliphatic hydroxyl groups is 1. The zero-order valence-corrected chi connectivity index (χ0v) is 17.4. The minimum atomic E-state index is -0.514. The second-order valence-electron chi connectivity index (χ2n) is 5.45. The van der Waals surface area contributed by atoms with Gasteiger partial charge in [0.1, 0.15) is 6.29 Å². The highest BCUT2D eigenvalue weighted by Gasteiger charge is 2.06. The average molecular weight is 389 g/mol. The van der Waals surface area contributed by atoms with Crippen molar-refractivity contribution in [2.24, 2.45) is 5.92 Å². The van der Waals surface area contributed by atoms with E-state index in [-0.39, 0.29) is 11.7 Å². The second-order valence-corrected chi connectivity index (χ2v) is 5.45. The molecule has 0 aromatic heterocycles. The fourth-order valence-corrected chi connectivity index (χ4v) is 1.82. The monoisotopic (exact) mass is 389 g/mol. The smallest absolute Gasteiger partial charge is 0.229 e. The Morgan fingerprint density at radius 3 is 1.71 bits per heavy atom. The van der Waals surface area contributed by atoms with Crippen LogP contribution in [0, 0.1) is 5.92 Å². The number of methoxy groups -OCH3 is 1. The number of nitrogens with one attached hydrogen (secondary N) is 1. The van der Waals surface area contributed by atoms with Crippen LogP contribution in [0.1, 0.15) is 24.2 Å². The molecule has 0 spiro atoms. The third-order valence-electron chi connectivity index (χ3n) is 3.26. The molecule has 6 nitrogen and oxygen atoms in total. The van der Waals surface area contributed by atoms with Crippen LogP contribution in [0.25, 0.3) is 11.1 Å². The lowest BCUT2D eigenvalue weighted by Crippen LogP contribution is -2.25. The highest BCUT2D eigenvalue weighted by molar-refractivity contribution is 5.94. The van der Waals surface area contributed by atoms with Gasteiger partial charge in [0.2, 0.25) is 5.91 Å². The first-order chi connectivity index (χ1) is 13.4. The van der Waals surface area contributed by atoms with E-state index in [1.54, 1.807) is 28.1 Å². The van der Waals surface area contributed by atoms with Gasteiger partial charge in [-0.1, -0.05) is 54.6 Å². The standard InChI is InChI=1S/C14H12O.C5H9NO2.C2H6O.CH4O/c1-11(15)12-7-9-14(10-8-12)13-5-3-2-4-6-13;1-4(3-7)5(8)6-2;1-3-2;1-2/h2-10H,1H3;3-4H,1-2H3,(H,6,8);1-2H3;2H,1H3. The van der Waals surface area contributed by atoms with Crippen molar-refractivity contribution in [3.05, 3.63) is 60.2 Å². The summed E-state index contributed by atoms with van der Waals surface area (Å²) in [4.78, 5) is 31.3. The first kappa shape index (κ1) is 27.4. The SMILES string of the molecule is CC(=O)c1ccc(-c2ccccc2)cc1.CNC(=O)C(C)C=O.CO.COC. The van der Waals surface area contributed by atoms with E-state index in [4.69, 9.17) is 5.11 Å². The summed E-state index contributed by atoms with van der Waals surface area (Å²) >= 11 is 0. The zero-order chi connectivity index (χ0) is 21.9. The molecule has 0 aliphatic rings. The number of ketones is 1. The molecule has 2 aromatic carbocycles. The predicted molar refractivity (Wildman–Crippen MR) is 112 cm³/mol. The Morgan fingerprint density at radius 1 is 0.964 bits per heavy atom. The molecule has 154 valence electrons. The number of hydrogen-bond acceptors (Lipinski definition) is 5. The van der Waals surface area contributed by atoms with Crippen LogP contribution in [0.2, 0.25) is 0 Å². The van der Waals surface area contributed by atoms with Gasteiger partial charge in [-0.3, -0.25) is 9.59 Å². The number of aldehydes is 1. The number of amides is 1. The number of rotatable bonds is 4. The van der Waals surface area contributed by atoms with E-state index >= 15 is 0 Å². The third kappa shape index (κ3) is 11.7. The minimum Gasteiger partial charge on any atom is -0.400 e. The van der Waals surface area contributed by atoms with Gasteiger partial charge in [0.15, 0.2) is 5.78 Å². The van der Waals surface area contributed by atoms with Gasteiger partial charge in [0.25, 0.3) is 0 Å². The molecule has 0 aliphatic heterocycles. The van der Waals surface area contributed by atoms with Gasteiger partial charge in [0.05, 0.1) is 5.92 Å². The van der Waals surface area contributed by atoms with Crippen molar-refractivity contribution in [1.82, 2.24) is 5.32 Å². The normalized spacial score (nSPS) is 9.68. The molecule has 0 saturated carbocycles. The molecule has 2 N–H and O–H groups in total. The maximum atomic E-state index is 11.1. The zero-order valence-electron chi connectivity index (χ0n) is 17.4. The van der Waals surface area contributed by atoms with E-state index in [0.717, 1.165) is 18.2 Å². The first-order valence-corrected chi connectivity index (χ1v) is 8.59. The summed E-state index contributed by atoms with van der Waals surface area (Å²) in [5.41, 5.74) is 3.07. The third-order valence-corrected chi connectivity index (χ3v) is 3.26. The number of carbonyl (C=O) groups is 3. The summed E-state index contributed by atoms with van der Waals surface area (Å²) in [6.45, 7) is 3.13. The molecule has 0 radical (unpaired) electrons. The maximum absolute atomic E-state index is 11.1. The van der Waals surface area contributed by atoms with Crippen molar-refractivity contribution in [2.75, 3.05) is 28.4 Å². The van der Waals surface area contributed by atoms with E-state index in [1.807, 2.05) is 42.5 Å². The van der Waals surface area contributed by atoms with Crippen LogP contribution >= 0.6 is 0 Å². The Hall–Kier alpha value is -2.83. The Labute approximate surface area is 167 Å². The fraction of sp³-hybridized carbons (Fsp3) is 0.318. The molecule has 28 heavy (non-hydrogen) atoms. The molecule has 1 atom stereocenters. The Kier molecular flexibility index (Phi) is 17.2. The van der Waals surface area contributed by atoms with Crippen molar-refractivity contribution in [2.45, 2.75) is 13.8 Å². The molecule has 0 fully saturated rings. The molecule has 0 saturated heterocycles. The number of benzene rings is 2. The molecular formula is C22H31NO5. The molecule has 1 amide bonds. The van der Waals surface area contributed by atoms with Gasteiger partial charge in [-0.05, 0) is 25.0 Å². The molecule has 0 heterocycles. The molecule has 0 aliphatic carbocycles. The lowest BCUT2D eigenvalue weighted by Gasteiger charge is -2.01. The van der Waals surface area contributed by atoms with Crippen molar-refractivity contribution >= 4 is 18.0 Å². The highest BCUT2D eigenvalue weighted by Crippen LogP contribution is 2.19. The summed E-state index contributed by atoms with van der Waals surface area (Å²) in [5, 5.41) is 9.35.